The Bertz CT molecular complexity index is 1350. The number of carboxylic acids is 1. The van der Waals surface area contributed by atoms with E-state index in [2.05, 4.69) is 10.3 Å². The van der Waals surface area contributed by atoms with Crippen LogP contribution in [-0.2, 0) is 22.4 Å². The van der Waals surface area contributed by atoms with E-state index in [1.54, 1.807) is 18.2 Å². The van der Waals surface area contributed by atoms with Gasteiger partial charge in [-0.25, -0.2) is 14.6 Å². The summed E-state index contributed by atoms with van der Waals surface area (Å²) in [6.45, 7) is 2.32. The highest BCUT2D eigenvalue weighted by atomic mass is 16.5. The van der Waals surface area contributed by atoms with Crippen LogP contribution in [0, 0.1) is 6.92 Å². The van der Waals surface area contributed by atoms with Gasteiger partial charge in [-0.2, -0.15) is 0 Å². The first kappa shape index (κ1) is 25.5. The van der Waals surface area contributed by atoms with Crippen LogP contribution in [-0.4, -0.2) is 41.8 Å². The molecule has 0 saturated carbocycles. The van der Waals surface area contributed by atoms with Crippen LogP contribution in [0.25, 0.3) is 11.5 Å². The van der Waals surface area contributed by atoms with Crippen molar-refractivity contribution >= 4 is 17.6 Å². The van der Waals surface area contributed by atoms with Crippen molar-refractivity contribution in [1.29, 1.82) is 0 Å². The van der Waals surface area contributed by atoms with Crippen molar-refractivity contribution in [3.05, 3.63) is 101 Å². The molecule has 0 bridgehead atoms. The smallest absolute Gasteiger partial charge is 0.337 e. The van der Waals surface area contributed by atoms with E-state index in [0.29, 0.717) is 36.8 Å². The van der Waals surface area contributed by atoms with Crippen molar-refractivity contribution in [3.63, 3.8) is 0 Å². The van der Waals surface area contributed by atoms with Crippen LogP contribution in [0.15, 0.2) is 83.3 Å². The van der Waals surface area contributed by atoms with Gasteiger partial charge in [-0.15, -0.1) is 0 Å². The lowest BCUT2D eigenvalue weighted by Gasteiger charge is -2.19. The van der Waals surface area contributed by atoms with E-state index in [9.17, 15) is 14.7 Å². The molecular weight excluding hydrogens is 472 g/mol. The zero-order valence-electron chi connectivity index (χ0n) is 20.6. The first-order chi connectivity index (χ1) is 17.9. The molecule has 1 aromatic heterocycles. The third-order valence-electron chi connectivity index (χ3n) is 5.86. The molecule has 8 heteroatoms. The lowest BCUT2D eigenvalue weighted by molar-refractivity contribution is -0.141. The number of nitrogens with zero attached hydrogens (tertiary/aromatic N) is 1. The molecule has 4 rings (SSSR count). The average molecular weight is 501 g/mol. The second-order valence-electron chi connectivity index (χ2n) is 8.41. The maximum absolute atomic E-state index is 12.4. The van der Waals surface area contributed by atoms with E-state index in [-0.39, 0.29) is 5.56 Å². The van der Waals surface area contributed by atoms with Crippen molar-refractivity contribution in [1.82, 2.24) is 4.98 Å². The number of hydrogen-bond donors (Lipinski definition) is 2. The molecule has 0 aliphatic carbocycles. The van der Waals surface area contributed by atoms with Gasteiger partial charge in [0.15, 0.2) is 0 Å². The van der Waals surface area contributed by atoms with E-state index in [1.807, 2.05) is 61.5 Å². The average Bonchev–Trinajstić information content (AvgIpc) is 3.29. The van der Waals surface area contributed by atoms with Gasteiger partial charge in [-0.05, 0) is 48.9 Å². The number of benzene rings is 3. The summed E-state index contributed by atoms with van der Waals surface area (Å²) in [6, 6.07) is 22.8. The molecule has 0 unspecified atom stereocenters. The first-order valence-electron chi connectivity index (χ1n) is 11.8. The number of carbonyl (C=O) groups excluding carboxylic acids is 1. The van der Waals surface area contributed by atoms with Gasteiger partial charge >= 0.3 is 11.9 Å². The SMILES string of the molecule is COC(=O)[C@H](Cc1ccc(OCCc2nc(-c3ccccc3)oc2C)cc1)Nc1ccccc1C(=O)O. The quantitative estimate of drug-likeness (QED) is 0.272. The number of ether oxygens (including phenoxy) is 2. The van der Waals surface area contributed by atoms with Crippen LogP contribution in [0.1, 0.15) is 27.4 Å². The summed E-state index contributed by atoms with van der Waals surface area (Å²) >= 11 is 0. The van der Waals surface area contributed by atoms with Crippen LogP contribution in [0.3, 0.4) is 0 Å². The summed E-state index contributed by atoms with van der Waals surface area (Å²) < 4.78 is 16.6. The highest BCUT2D eigenvalue weighted by Gasteiger charge is 2.22. The molecule has 2 N–H and O–H groups in total. The molecule has 0 aliphatic heterocycles. The summed E-state index contributed by atoms with van der Waals surface area (Å²) in [5.41, 5.74) is 3.08. The van der Waals surface area contributed by atoms with Gasteiger partial charge in [0, 0.05) is 24.1 Å². The van der Waals surface area contributed by atoms with E-state index in [1.165, 1.54) is 13.2 Å². The van der Waals surface area contributed by atoms with Crippen molar-refractivity contribution in [3.8, 4) is 17.2 Å². The number of rotatable bonds is 11. The molecule has 0 radical (unpaired) electrons. The van der Waals surface area contributed by atoms with Crippen LogP contribution in [0.2, 0.25) is 0 Å². The maximum Gasteiger partial charge on any atom is 0.337 e. The lowest BCUT2D eigenvalue weighted by atomic mass is 10.0. The molecule has 37 heavy (non-hydrogen) atoms. The molecule has 0 saturated heterocycles. The van der Waals surface area contributed by atoms with E-state index in [0.717, 1.165) is 22.6 Å². The monoisotopic (exact) mass is 500 g/mol. The highest BCUT2D eigenvalue weighted by molar-refractivity contribution is 5.95. The standard InChI is InChI=1S/C29H28N2O6/c1-19-24(31-27(37-19)21-8-4-3-5-9-21)16-17-36-22-14-12-20(13-15-22)18-26(29(34)35-2)30-25-11-7-6-10-23(25)28(32)33/h3-15,26,30H,16-18H2,1-2H3,(H,32,33)/t26-/m0/s1. The summed E-state index contributed by atoms with van der Waals surface area (Å²) in [5, 5.41) is 12.4. The van der Waals surface area contributed by atoms with Crippen molar-refractivity contribution in [2.24, 2.45) is 0 Å². The minimum atomic E-state index is -1.08. The largest absolute Gasteiger partial charge is 0.493 e. The fourth-order valence-corrected chi connectivity index (χ4v) is 3.91. The van der Waals surface area contributed by atoms with Crippen LogP contribution in [0.4, 0.5) is 5.69 Å². The predicted molar refractivity (Wildman–Crippen MR) is 139 cm³/mol. The molecule has 0 fully saturated rings. The number of carboxylic acid groups (broad SMARTS) is 1. The second kappa shape index (κ2) is 11.9. The third kappa shape index (κ3) is 6.55. The topological polar surface area (TPSA) is 111 Å². The number of aryl methyl sites for hydroxylation is 1. The zero-order valence-corrected chi connectivity index (χ0v) is 20.6. The van der Waals surface area contributed by atoms with Gasteiger partial charge in [-0.3, -0.25) is 0 Å². The van der Waals surface area contributed by atoms with Gasteiger partial charge in [-0.1, -0.05) is 42.5 Å². The van der Waals surface area contributed by atoms with E-state index >= 15 is 0 Å². The fourth-order valence-electron chi connectivity index (χ4n) is 3.91. The Kier molecular flexibility index (Phi) is 8.20. The number of anilines is 1. The molecule has 1 atom stereocenters. The lowest BCUT2D eigenvalue weighted by Crippen LogP contribution is -2.33. The molecule has 1 heterocycles. The molecular formula is C29H28N2O6. The number of esters is 1. The molecule has 0 aliphatic rings. The van der Waals surface area contributed by atoms with Gasteiger partial charge < -0.3 is 24.3 Å². The van der Waals surface area contributed by atoms with E-state index in [4.69, 9.17) is 13.9 Å². The van der Waals surface area contributed by atoms with Gasteiger partial charge in [0.2, 0.25) is 5.89 Å². The Balaban J connectivity index is 1.35. The molecule has 0 spiro atoms. The Morgan fingerprint density at radius 3 is 2.41 bits per heavy atom. The Labute approximate surface area is 214 Å². The number of nitrogens with one attached hydrogen (secondary N) is 1. The Hall–Kier alpha value is -4.59. The number of hydrogen-bond acceptors (Lipinski definition) is 7. The summed E-state index contributed by atoms with van der Waals surface area (Å²) in [5.74, 6) is 0.483. The first-order valence-corrected chi connectivity index (χ1v) is 11.8. The number of carbonyl (C=O) groups is 2. The second-order valence-corrected chi connectivity index (χ2v) is 8.41. The number of para-hydroxylation sites is 1. The zero-order chi connectivity index (χ0) is 26.2. The summed E-state index contributed by atoms with van der Waals surface area (Å²) in [6.07, 6.45) is 0.905. The van der Waals surface area contributed by atoms with Crippen LogP contribution >= 0.6 is 0 Å². The van der Waals surface area contributed by atoms with Gasteiger partial charge in [0.1, 0.15) is 17.6 Å². The maximum atomic E-state index is 12.4. The third-order valence-corrected chi connectivity index (χ3v) is 5.86. The Morgan fingerprint density at radius 2 is 1.70 bits per heavy atom. The van der Waals surface area contributed by atoms with Crippen LogP contribution in [0.5, 0.6) is 5.75 Å². The minimum Gasteiger partial charge on any atom is -0.493 e. The number of oxazole rings is 1. The Morgan fingerprint density at radius 1 is 1.00 bits per heavy atom. The number of aromatic nitrogens is 1. The van der Waals surface area contributed by atoms with E-state index < -0.39 is 18.0 Å². The molecule has 4 aromatic rings. The van der Waals surface area contributed by atoms with Gasteiger partial charge in [0.05, 0.1) is 25.0 Å². The van der Waals surface area contributed by atoms with Crippen molar-refractivity contribution in [2.75, 3.05) is 19.0 Å². The van der Waals surface area contributed by atoms with Crippen LogP contribution < -0.4 is 10.1 Å². The summed E-state index contributed by atoms with van der Waals surface area (Å²) in [7, 11) is 1.30. The normalized spacial score (nSPS) is 11.5. The van der Waals surface area contributed by atoms with Crippen molar-refractivity contribution < 1.29 is 28.6 Å². The molecule has 8 nitrogen and oxygen atoms in total. The highest BCUT2D eigenvalue weighted by Crippen LogP contribution is 2.23. The van der Waals surface area contributed by atoms with Crippen molar-refractivity contribution in [2.45, 2.75) is 25.8 Å². The summed E-state index contributed by atoms with van der Waals surface area (Å²) in [4.78, 5) is 28.5. The van der Waals surface area contributed by atoms with Gasteiger partial charge in [0.25, 0.3) is 0 Å². The molecule has 0 amide bonds. The minimum absolute atomic E-state index is 0.0818. The molecule has 3 aromatic carbocycles. The number of methoxy groups -OCH3 is 1. The predicted octanol–water partition coefficient (Wildman–Crippen LogP) is 5.17. The fraction of sp³-hybridized carbons (Fsp3) is 0.207. The molecule has 190 valence electrons. The number of aromatic carboxylic acids is 1.